The summed E-state index contributed by atoms with van der Waals surface area (Å²) in [7, 11) is -4.12. The molecule has 0 aliphatic carbocycles. The number of aliphatic carboxylic acids is 1. The summed E-state index contributed by atoms with van der Waals surface area (Å²) in [5, 5.41) is 12.6. The van der Waals surface area contributed by atoms with Crippen LogP contribution >= 0.6 is 0 Å². The zero-order valence-electron chi connectivity index (χ0n) is 18.2. The molecule has 3 N–H and O–H groups in total. The summed E-state index contributed by atoms with van der Waals surface area (Å²) in [4.78, 5) is 11.3. The van der Waals surface area contributed by atoms with E-state index in [0.29, 0.717) is 17.1 Å². The van der Waals surface area contributed by atoms with Crippen molar-refractivity contribution in [2.24, 2.45) is 0 Å². The van der Waals surface area contributed by atoms with Crippen molar-refractivity contribution in [1.82, 2.24) is 3.97 Å². The second kappa shape index (κ2) is 9.49. The Morgan fingerprint density at radius 2 is 1.60 bits per heavy atom. The first kappa shape index (κ1) is 24.4. The van der Waals surface area contributed by atoms with E-state index in [4.69, 9.17) is 0 Å². The van der Waals surface area contributed by atoms with E-state index in [1.165, 1.54) is 25.1 Å². The summed E-state index contributed by atoms with van der Waals surface area (Å²) in [5.74, 6) is -1.76. The van der Waals surface area contributed by atoms with E-state index >= 15 is 0 Å². The van der Waals surface area contributed by atoms with Gasteiger partial charge in [0.2, 0.25) is 0 Å². The van der Waals surface area contributed by atoms with Gasteiger partial charge in [0, 0.05) is 39.4 Å². The summed E-state index contributed by atoms with van der Waals surface area (Å²) in [6.45, 7) is 1.49. The average molecular weight is 517 g/mol. The van der Waals surface area contributed by atoms with Crippen LogP contribution in [-0.4, -0.2) is 32.2 Å². The number of halogens is 1. The highest BCUT2D eigenvalue weighted by atomic mass is 32.2. The number of aromatic nitrogens is 1. The molecule has 4 aromatic rings. The third-order valence-corrected chi connectivity index (χ3v) is 7.56. The average Bonchev–Trinajstić information content (AvgIpc) is 3.06. The number of benzene rings is 3. The van der Waals surface area contributed by atoms with Crippen molar-refractivity contribution in [2.45, 2.75) is 18.2 Å². The van der Waals surface area contributed by atoms with E-state index < -0.39 is 39.5 Å². The van der Waals surface area contributed by atoms with E-state index in [9.17, 15) is 31.5 Å². The number of anilines is 3. The summed E-state index contributed by atoms with van der Waals surface area (Å²) < 4.78 is 65.5. The number of carboxylic acids is 1. The molecule has 1 aromatic heterocycles. The monoisotopic (exact) mass is 516 g/mol. The standard InChI is InChI=1S/C23H20FN3O6S2/c1-14-20(13-23(28)29)21-12-15(24)2-11-22(21)27(14)35(32,33)19-9-7-17(8-10-19)25-16-3-5-18(6-4-16)26-34(30)31/h2-12,25-26H,13H2,1H3,(H,28,29)(H,30,31)/p-1. The molecule has 0 bridgehead atoms. The van der Waals surface area contributed by atoms with Crippen LogP contribution in [0.1, 0.15) is 11.3 Å². The van der Waals surface area contributed by atoms with Gasteiger partial charge < -0.3 is 19.7 Å². The second-order valence-electron chi connectivity index (χ2n) is 7.63. The number of hydrogen-bond acceptors (Lipinski definition) is 6. The molecule has 3 aromatic carbocycles. The lowest BCUT2D eigenvalue weighted by Crippen LogP contribution is -2.15. The molecule has 4 rings (SSSR count). The highest BCUT2D eigenvalue weighted by molar-refractivity contribution is 7.90. The molecular formula is C23H19FN3O6S2-. The van der Waals surface area contributed by atoms with E-state index in [-0.39, 0.29) is 27.1 Å². The highest BCUT2D eigenvalue weighted by Crippen LogP contribution is 2.31. The van der Waals surface area contributed by atoms with E-state index in [2.05, 4.69) is 10.0 Å². The van der Waals surface area contributed by atoms with Gasteiger partial charge in [-0.2, -0.15) is 0 Å². The van der Waals surface area contributed by atoms with Crippen molar-refractivity contribution in [3.05, 3.63) is 83.8 Å². The number of fused-ring (bicyclic) bond motifs is 1. The summed E-state index contributed by atoms with van der Waals surface area (Å²) in [6, 6.07) is 15.9. The van der Waals surface area contributed by atoms with Crippen LogP contribution in [0.15, 0.2) is 71.6 Å². The molecule has 35 heavy (non-hydrogen) atoms. The molecule has 1 unspecified atom stereocenters. The molecule has 0 amide bonds. The fraction of sp³-hybridized carbons (Fsp3) is 0.0870. The number of nitrogens with zero attached hydrogens (tertiary/aromatic N) is 1. The summed E-state index contributed by atoms with van der Waals surface area (Å²) in [6.07, 6.45) is -0.448. The van der Waals surface area contributed by atoms with Crippen LogP contribution in [0.25, 0.3) is 10.9 Å². The fourth-order valence-corrected chi connectivity index (χ4v) is 5.72. The molecule has 1 heterocycles. The van der Waals surface area contributed by atoms with Gasteiger partial charge in [0.25, 0.3) is 10.0 Å². The van der Waals surface area contributed by atoms with Crippen LogP contribution in [0.2, 0.25) is 0 Å². The third kappa shape index (κ3) is 5.04. The molecule has 0 spiro atoms. The van der Waals surface area contributed by atoms with Gasteiger partial charge in [-0.05, 0) is 79.2 Å². The number of hydrogen-bond donors (Lipinski definition) is 3. The summed E-state index contributed by atoms with van der Waals surface area (Å²) in [5.41, 5.74) is 2.24. The topological polar surface area (TPSA) is 141 Å². The van der Waals surface area contributed by atoms with Crippen LogP contribution < -0.4 is 10.0 Å². The van der Waals surface area contributed by atoms with Crippen LogP contribution in [-0.2, 0) is 32.5 Å². The Bertz CT molecular complexity index is 1550. The zero-order chi connectivity index (χ0) is 25.3. The molecule has 0 saturated heterocycles. The summed E-state index contributed by atoms with van der Waals surface area (Å²) >= 11 is -2.43. The van der Waals surface area contributed by atoms with Gasteiger partial charge in [-0.1, -0.05) is 0 Å². The maximum absolute atomic E-state index is 13.9. The first-order valence-electron chi connectivity index (χ1n) is 10.2. The molecule has 1 atom stereocenters. The second-order valence-corrected chi connectivity index (χ2v) is 10.1. The predicted molar refractivity (Wildman–Crippen MR) is 129 cm³/mol. The number of carbonyl (C=O) groups is 1. The predicted octanol–water partition coefficient (Wildman–Crippen LogP) is 3.90. The first-order chi connectivity index (χ1) is 16.6. The molecule has 12 heteroatoms. The van der Waals surface area contributed by atoms with Crippen molar-refractivity contribution in [3.63, 3.8) is 0 Å². The Hall–Kier alpha value is -3.74. The van der Waals surface area contributed by atoms with E-state index in [1.54, 1.807) is 36.4 Å². The lowest BCUT2D eigenvalue weighted by Gasteiger charge is -2.12. The van der Waals surface area contributed by atoms with Crippen molar-refractivity contribution in [3.8, 4) is 0 Å². The molecule has 0 aliphatic heterocycles. The van der Waals surface area contributed by atoms with E-state index in [0.717, 1.165) is 16.1 Å². The molecule has 0 fully saturated rings. The molecule has 9 nitrogen and oxygen atoms in total. The quantitative estimate of drug-likeness (QED) is 0.302. The highest BCUT2D eigenvalue weighted by Gasteiger charge is 2.26. The Labute approximate surface area is 202 Å². The van der Waals surface area contributed by atoms with Crippen molar-refractivity contribution in [2.75, 3.05) is 10.0 Å². The van der Waals surface area contributed by atoms with Gasteiger partial charge in [-0.3, -0.25) is 9.00 Å². The molecule has 182 valence electrons. The fourth-order valence-electron chi connectivity index (χ4n) is 3.81. The van der Waals surface area contributed by atoms with Gasteiger partial charge in [0.05, 0.1) is 16.8 Å². The van der Waals surface area contributed by atoms with Crippen LogP contribution in [0.4, 0.5) is 21.5 Å². The van der Waals surface area contributed by atoms with Crippen molar-refractivity contribution < 1.29 is 31.5 Å². The number of carboxylic acid groups (broad SMARTS) is 1. The molecule has 0 radical (unpaired) electrons. The van der Waals surface area contributed by atoms with Crippen molar-refractivity contribution in [1.29, 1.82) is 0 Å². The lowest BCUT2D eigenvalue weighted by molar-refractivity contribution is -0.136. The number of rotatable bonds is 8. The molecule has 0 saturated carbocycles. The minimum Gasteiger partial charge on any atom is -0.755 e. The normalized spacial score (nSPS) is 12.4. The largest absolute Gasteiger partial charge is 0.755 e. The zero-order valence-corrected chi connectivity index (χ0v) is 19.8. The maximum Gasteiger partial charge on any atom is 0.307 e. The van der Waals surface area contributed by atoms with Crippen LogP contribution in [0.5, 0.6) is 0 Å². The smallest absolute Gasteiger partial charge is 0.307 e. The SMILES string of the molecule is Cc1c(CC(=O)O)c2cc(F)ccc2n1S(=O)(=O)c1ccc(Nc2ccc(NS(=O)[O-])cc2)cc1. The van der Waals surface area contributed by atoms with Gasteiger partial charge in [-0.15, -0.1) is 0 Å². The van der Waals surface area contributed by atoms with Gasteiger partial charge in [-0.25, -0.2) is 16.8 Å². The van der Waals surface area contributed by atoms with E-state index in [1.807, 2.05) is 0 Å². The minimum absolute atomic E-state index is 0.0354. The lowest BCUT2D eigenvalue weighted by atomic mass is 10.1. The van der Waals surface area contributed by atoms with Crippen molar-refractivity contribution >= 4 is 55.2 Å². The maximum atomic E-state index is 13.9. The Balaban J connectivity index is 1.66. The van der Waals surface area contributed by atoms with Gasteiger partial charge >= 0.3 is 5.97 Å². The van der Waals surface area contributed by atoms with Crippen LogP contribution in [0.3, 0.4) is 0 Å². The Kier molecular flexibility index (Phi) is 6.61. The molecular weight excluding hydrogens is 497 g/mol. The molecule has 0 aliphatic rings. The number of nitrogens with one attached hydrogen (secondary N) is 2. The third-order valence-electron chi connectivity index (χ3n) is 5.34. The first-order valence-corrected chi connectivity index (χ1v) is 12.7. The Morgan fingerprint density at radius 1 is 1.03 bits per heavy atom. The van der Waals surface area contributed by atoms with Gasteiger partial charge in [0.15, 0.2) is 0 Å². The Morgan fingerprint density at radius 3 is 2.17 bits per heavy atom. The van der Waals surface area contributed by atoms with Gasteiger partial charge in [0.1, 0.15) is 5.82 Å². The minimum atomic E-state index is -4.12. The van der Waals surface area contributed by atoms with Crippen LogP contribution in [0, 0.1) is 12.7 Å².